The number of benzene rings is 2. The molecule has 0 aliphatic rings. The van der Waals surface area contributed by atoms with Crippen molar-refractivity contribution >= 4 is 0 Å². The predicted octanol–water partition coefficient (Wildman–Crippen LogP) is 3.49. The lowest BCUT2D eigenvalue weighted by molar-refractivity contribution is 0.474. The molecule has 2 nitrogen and oxygen atoms in total. The highest BCUT2D eigenvalue weighted by Gasteiger charge is 2.09. The number of ether oxygens (including phenoxy) is 1. The van der Waals surface area contributed by atoms with Crippen LogP contribution in [0.5, 0.6) is 11.5 Å². The van der Waals surface area contributed by atoms with E-state index in [9.17, 15) is 4.39 Å². The summed E-state index contributed by atoms with van der Waals surface area (Å²) in [7, 11) is 0. The average Bonchev–Trinajstić information content (AvgIpc) is 2.32. The van der Waals surface area contributed by atoms with Crippen molar-refractivity contribution in [2.24, 2.45) is 0 Å². The van der Waals surface area contributed by atoms with Crippen LogP contribution in [0.4, 0.5) is 4.39 Å². The van der Waals surface area contributed by atoms with Gasteiger partial charge in [-0.1, -0.05) is 24.2 Å². The Kier molecular flexibility index (Phi) is 2.48. The Morgan fingerprint density at radius 1 is 1.19 bits per heavy atom. The quantitative estimate of drug-likeness (QED) is 0.766. The normalized spacial score (nSPS) is 10.4. The van der Waals surface area contributed by atoms with Gasteiger partial charge in [-0.05, 0) is 24.3 Å². The van der Waals surface area contributed by atoms with Crippen molar-refractivity contribution < 1.29 is 10.5 Å². The van der Waals surface area contributed by atoms with Gasteiger partial charge in [-0.15, -0.1) is 0 Å². The molecular formula is C13H8FNO. The lowest BCUT2D eigenvalue weighted by Crippen LogP contribution is -1.91. The minimum atomic E-state index is -0.609. The number of rotatable bonds is 2. The van der Waals surface area contributed by atoms with E-state index in [2.05, 4.69) is 0 Å². The molecule has 78 valence electrons. The summed E-state index contributed by atoms with van der Waals surface area (Å²) in [6.07, 6.45) is 0. The van der Waals surface area contributed by atoms with Gasteiger partial charge in [0.1, 0.15) is 28.9 Å². The van der Waals surface area contributed by atoms with Gasteiger partial charge in [-0.3, -0.25) is 0 Å². The van der Waals surface area contributed by atoms with Gasteiger partial charge in [0.05, 0.1) is 1.37 Å². The highest BCUT2D eigenvalue weighted by Crippen LogP contribution is 2.26. The van der Waals surface area contributed by atoms with Crippen LogP contribution in [0, 0.1) is 17.1 Å². The molecule has 2 aromatic carbocycles. The van der Waals surface area contributed by atoms with E-state index in [1.807, 2.05) is 0 Å². The molecule has 0 atom stereocenters. The van der Waals surface area contributed by atoms with Crippen LogP contribution in [-0.2, 0) is 0 Å². The zero-order valence-electron chi connectivity index (χ0n) is 9.27. The van der Waals surface area contributed by atoms with E-state index in [1.54, 1.807) is 30.3 Å². The molecule has 0 unspecified atom stereocenters. The monoisotopic (exact) mass is 214 g/mol. The van der Waals surface area contributed by atoms with E-state index < -0.39 is 5.82 Å². The second-order valence-electron chi connectivity index (χ2n) is 3.06. The van der Waals surface area contributed by atoms with Gasteiger partial charge in [0.25, 0.3) is 0 Å². The Bertz CT molecular complexity index is 575. The highest BCUT2D eigenvalue weighted by molar-refractivity contribution is 5.45. The minimum absolute atomic E-state index is 0.123. The fraction of sp³-hybridized carbons (Fsp3) is 0. The summed E-state index contributed by atoms with van der Waals surface area (Å²) < 4.78 is 26.0. The maximum atomic E-state index is 13.3. The largest absolute Gasteiger partial charge is 0.456 e. The van der Waals surface area contributed by atoms with Gasteiger partial charge in [0.15, 0.2) is 0 Å². The first-order chi connectivity index (χ1) is 8.20. The number of nitriles is 1. The van der Waals surface area contributed by atoms with Crippen molar-refractivity contribution in [2.45, 2.75) is 0 Å². The molecule has 0 N–H and O–H groups in total. The summed E-state index contributed by atoms with van der Waals surface area (Å²) in [4.78, 5) is 0. The molecule has 0 amide bonds. The van der Waals surface area contributed by atoms with Crippen LogP contribution in [0.2, 0.25) is 0 Å². The lowest BCUT2D eigenvalue weighted by atomic mass is 10.2. The van der Waals surface area contributed by atoms with E-state index >= 15 is 0 Å². The van der Waals surface area contributed by atoms with Crippen molar-refractivity contribution in [2.75, 3.05) is 0 Å². The third-order valence-electron chi connectivity index (χ3n) is 2.00. The number of nitrogens with zero attached hydrogens (tertiary/aromatic N) is 1. The molecule has 0 spiro atoms. The zero-order valence-corrected chi connectivity index (χ0v) is 8.27. The smallest absolute Gasteiger partial charge is 0.148 e. The maximum absolute atomic E-state index is 13.3. The van der Waals surface area contributed by atoms with Gasteiger partial charge in [0, 0.05) is 0 Å². The minimum Gasteiger partial charge on any atom is -0.456 e. The summed E-state index contributed by atoms with van der Waals surface area (Å²) >= 11 is 0. The molecular weight excluding hydrogens is 205 g/mol. The SMILES string of the molecule is [2H]c1ccc(Oc2cccc(F)c2C#N)cc1. The van der Waals surface area contributed by atoms with Crippen LogP contribution in [-0.4, -0.2) is 0 Å². The van der Waals surface area contributed by atoms with Gasteiger partial charge >= 0.3 is 0 Å². The molecule has 3 heteroatoms. The topological polar surface area (TPSA) is 33.0 Å². The van der Waals surface area contributed by atoms with Crippen LogP contribution in [0.15, 0.2) is 48.5 Å². The summed E-state index contributed by atoms with van der Waals surface area (Å²) in [5, 5.41) is 8.82. The maximum Gasteiger partial charge on any atom is 0.148 e. The first-order valence-electron chi connectivity index (χ1n) is 5.14. The summed E-state index contributed by atoms with van der Waals surface area (Å²) in [5.41, 5.74) is -0.123. The molecule has 0 aliphatic carbocycles. The summed E-state index contributed by atoms with van der Waals surface area (Å²) in [5.74, 6) is 0.0236. The van der Waals surface area contributed by atoms with Crippen molar-refractivity contribution in [3.05, 3.63) is 59.9 Å². The summed E-state index contributed by atoms with van der Waals surface area (Å²) in [6, 6.07) is 12.6. The van der Waals surface area contributed by atoms with Crippen molar-refractivity contribution in [1.29, 1.82) is 5.26 Å². The fourth-order valence-electron chi connectivity index (χ4n) is 1.26. The zero-order chi connectivity index (χ0) is 12.3. The standard InChI is InChI=1S/C13H8FNO/c14-12-7-4-8-13(11(12)9-15)16-10-5-2-1-3-6-10/h1-8H/i1D. The Labute approximate surface area is 93.9 Å². The van der Waals surface area contributed by atoms with Gasteiger partial charge in [-0.2, -0.15) is 5.26 Å². The molecule has 0 aliphatic heterocycles. The molecule has 0 radical (unpaired) electrons. The Morgan fingerprint density at radius 3 is 2.62 bits per heavy atom. The second kappa shape index (κ2) is 4.45. The molecule has 0 saturated carbocycles. The Morgan fingerprint density at radius 2 is 1.94 bits per heavy atom. The average molecular weight is 214 g/mol. The molecule has 0 aromatic heterocycles. The van der Waals surface area contributed by atoms with Crippen LogP contribution in [0.1, 0.15) is 6.93 Å². The predicted molar refractivity (Wildman–Crippen MR) is 57.6 cm³/mol. The first kappa shape index (κ1) is 8.93. The molecule has 0 bridgehead atoms. The van der Waals surface area contributed by atoms with Gasteiger partial charge in [-0.25, -0.2) is 4.39 Å². The van der Waals surface area contributed by atoms with Crippen LogP contribution >= 0.6 is 0 Å². The molecule has 0 heterocycles. The number of para-hydroxylation sites is 1. The number of halogens is 1. The van der Waals surface area contributed by atoms with Crippen LogP contribution in [0.3, 0.4) is 0 Å². The molecule has 16 heavy (non-hydrogen) atoms. The molecule has 0 fully saturated rings. The number of hydrogen-bond donors (Lipinski definition) is 0. The molecule has 2 aromatic rings. The summed E-state index contributed by atoms with van der Waals surface area (Å²) in [6.45, 7) is 0. The van der Waals surface area contributed by atoms with E-state index in [0.29, 0.717) is 11.8 Å². The van der Waals surface area contributed by atoms with Crippen LogP contribution < -0.4 is 4.74 Å². The van der Waals surface area contributed by atoms with E-state index in [-0.39, 0.29) is 11.3 Å². The number of hydrogen-bond acceptors (Lipinski definition) is 2. The van der Waals surface area contributed by atoms with Gasteiger partial charge < -0.3 is 4.74 Å². The Hall–Kier alpha value is -2.34. The third kappa shape index (κ3) is 2.01. The first-order valence-corrected chi connectivity index (χ1v) is 4.64. The second-order valence-corrected chi connectivity index (χ2v) is 3.06. The Balaban J connectivity index is 2.34. The molecule has 0 saturated heterocycles. The highest BCUT2D eigenvalue weighted by atomic mass is 19.1. The van der Waals surface area contributed by atoms with Crippen molar-refractivity contribution in [3.8, 4) is 17.6 Å². The van der Waals surface area contributed by atoms with Gasteiger partial charge in [0.2, 0.25) is 0 Å². The van der Waals surface area contributed by atoms with E-state index in [4.69, 9.17) is 11.4 Å². The molecule has 2 rings (SSSR count). The van der Waals surface area contributed by atoms with Crippen molar-refractivity contribution in [3.63, 3.8) is 0 Å². The van der Waals surface area contributed by atoms with E-state index in [1.165, 1.54) is 18.2 Å². The lowest BCUT2D eigenvalue weighted by Gasteiger charge is -2.06. The fourth-order valence-corrected chi connectivity index (χ4v) is 1.26. The van der Waals surface area contributed by atoms with Crippen molar-refractivity contribution in [1.82, 2.24) is 0 Å². The van der Waals surface area contributed by atoms with E-state index in [0.717, 1.165) is 0 Å². The third-order valence-corrected chi connectivity index (χ3v) is 2.00. The van der Waals surface area contributed by atoms with Crippen LogP contribution in [0.25, 0.3) is 0 Å².